The van der Waals surface area contributed by atoms with E-state index in [2.05, 4.69) is 19.6 Å². The number of pyridine rings is 2. The Morgan fingerprint density at radius 2 is 1.88 bits per heavy atom. The number of aryl methyl sites for hydroxylation is 2. The maximum absolute atomic E-state index is 15.3. The molecule has 1 fully saturated rings. The summed E-state index contributed by atoms with van der Waals surface area (Å²) in [5, 5.41) is 0. The molecule has 4 heterocycles. The van der Waals surface area contributed by atoms with Crippen LogP contribution in [-0.2, 0) is 12.8 Å². The number of halogens is 6. The summed E-state index contributed by atoms with van der Waals surface area (Å²) in [7, 11) is 0. The molecule has 0 amide bonds. The number of aromatic nitrogens is 3. The molecule has 1 aliphatic heterocycles. The number of hydrogen-bond acceptors (Lipinski definition) is 6. The zero-order valence-corrected chi connectivity index (χ0v) is 24.4. The van der Waals surface area contributed by atoms with E-state index in [-0.39, 0.29) is 42.4 Å². The number of ether oxygens (including phenoxy) is 1. The van der Waals surface area contributed by atoms with Crippen LogP contribution < -0.4 is 14.5 Å². The predicted molar refractivity (Wildman–Crippen MR) is 156 cm³/mol. The summed E-state index contributed by atoms with van der Waals surface area (Å²) < 4.78 is 72.3. The van der Waals surface area contributed by atoms with Crippen LogP contribution in [0.1, 0.15) is 42.0 Å². The third-order valence-electron chi connectivity index (χ3n) is 7.32. The van der Waals surface area contributed by atoms with E-state index in [0.717, 1.165) is 5.69 Å². The van der Waals surface area contributed by atoms with Crippen molar-refractivity contribution in [2.24, 2.45) is 0 Å². The number of anilines is 2. The van der Waals surface area contributed by atoms with Gasteiger partial charge in [-0.2, -0.15) is 13.2 Å². The van der Waals surface area contributed by atoms with Crippen molar-refractivity contribution in [1.82, 2.24) is 14.4 Å². The first-order chi connectivity index (χ1) is 20.0. The molecule has 0 aliphatic carbocycles. The zero-order valence-electron chi connectivity index (χ0n) is 23.6. The number of alkyl halides is 3. The minimum atomic E-state index is -4.44. The van der Waals surface area contributed by atoms with E-state index in [0.29, 0.717) is 60.8 Å². The molecule has 13 heteroatoms. The fourth-order valence-corrected chi connectivity index (χ4v) is 5.29. The highest BCUT2D eigenvalue weighted by Crippen LogP contribution is 2.28. The Morgan fingerprint density at radius 3 is 2.53 bits per heavy atom. The van der Waals surface area contributed by atoms with E-state index in [1.54, 1.807) is 16.5 Å². The molecule has 0 unspecified atom stereocenters. The number of benzene rings is 1. The Balaban J connectivity index is 0.00000423. The highest BCUT2D eigenvalue weighted by atomic mass is 35.5. The van der Waals surface area contributed by atoms with Gasteiger partial charge < -0.3 is 14.5 Å². The Bertz CT molecular complexity index is 1580. The predicted octanol–water partition coefficient (Wildman–Crippen LogP) is 6.46. The topological polar surface area (TPSA) is 63.0 Å². The molecule has 1 aliphatic rings. The van der Waals surface area contributed by atoms with Crippen LogP contribution in [0.2, 0.25) is 0 Å². The molecule has 0 N–H and O–H groups in total. The van der Waals surface area contributed by atoms with Gasteiger partial charge in [0.2, 0.25) is 5.88 Å². The normalized spacial score (nSPS) is 15.5. The second kappa shape index (κ2) is 13.2. The Hall–Kier alpha value is -3.93. The third kappa shape index (κ3) is 7.35. The van der Waals surface area contributed by atoms with Gasteiger partial charge in [-0.1, -0.05) is 13.0 Å². The molecule has 1 saturated heterocycles. The van der Waals surface area contributed by atoms with Gasteiger partial charge in [0.05, 0.1) is 23.3 Å². The molecule has 7 nitrogen and oxygen atoms in total. The van der Waals surface area contributed by atoms with Gasteiger partial charge in [-0.3, -0.25) is 9.20 Å². The number of ketones is 1. The summed E-state index contributed by atoms with van der Waals surface area (Å²) in [4.78, 5) is 25.5. The van der Waals surface area contributed by atoms with E-state index in [1.165, 1.54) is 36.7 Å². The van der Waals surface area contributed by atoms with Crippen molar-refractivity contribution in [3.63, 3.8) is 0 Å². The van der Waals surface area contributed by atoms with Gasteiger partial charge in [0, 0.05) is 50.4 Å². The van der Waals surface area contributed by atoms with Crippen molar-refractivity contribution < 1.29 is 31.5 Å². The SMILES string of the molecule is CCc1nc2cc(F)ccn2c1C(=O)CCc1ccc(N2CCN(c3ccc(OCC(F)(F)F)nc3)[C@@H](C)C2)c(F)c1.Cl. The Kier molecular flexibility index (Phi) is 9.79. The molecule has 3 aromatic heterocycles. The molecule has 5 rings (SSSR count). The van der Waals surface area contributed by atoms with Crippen molar-refractivity contribution in [2.75, 3.05) is 36.0 Å². The minimum absolute atomic E-state index is 0. The van der Waals surface area contributed by atoms with Crippen LogP contribution in [0.3, 0.4) is 0 Å². The molecule has 1 atom stereocenters. The molecular weight excluding hydrogens is 593 g/mol. The third-order valence-corrected chi connectivity index (χ3v) is 7.32. The van der Waals surface area contributed by atoms with E-state index in [1.807, 2.05) is 24.8 Å². The number of imidazole rings is 1. The summed E-state index contributed by atoms with van der Waals surface area (Å²) in [6.45, 7) is 4.07. The number of carbonyl (C=O) groups excluding carboxylic acids is 1. The van der Waals surface area contributed by atoms with Crippen molar-refractivity contribution in [1.29, 1.82) is 0 Å². The monoisotopic (exact) mass is 623 g/mol. The van der Waals surface area contributed by atoms with Crippen molar-refractivity contribution in [3.8, 4) is 5.88 Å². The van der Waals surface area contributed by atoms with Crippen LogP contribution in [0.15, 0.2) is 54.9 Å². The van der Waals surface area contributed by atoms with Gasteiger partial charge in [-0.15, -0.1) is 12.4 Å². The van der Waals surface area contributed by atoms with Crippen molar-refractivity contribution in [2.45, 2.75) is 45.3 Å². The average molecular weight is 624 g/mol. The number of Topliss-reactive ketones (excluding diaryl/α,β-unsaturated/α-hetero) is 1. The van der Waals surface area contributed by atoms with Gasteiger partial charge in [0.25, 0.3) is 0 Å². The molecule has 0 spiro atoms. The fraction of sp³-hybridized carbons (Fsp3) is 0.367. The number of piperazine rings is 1. The van der Waals surface area contributed by atoms with Crippen LogP contribution in [-0.4, -0.2) is 58.6 Å². The second-order valence-electron chi connectivity index (χ2n) is 10.3. The first kappa shape index (κ1) is 32.0. The largest absolute Gasteiger partial charge is 0.468 e. The van der Waals surface area contributed by atoms with Crippen LogP contribution in [0.25, 0.3) is 5.65 Å². The van der Waals surface area contributed by atoms with E-state index in [9.17, 15) is 22.4 Å². The van der Waals surface area contributed by atoms with E-state index < -0.39 is 18.6 Å². The van der Waals surface area contributed by atoms with Gasteiger partial charge in [-0.05, 0) is 49.6 Å². The summed E-state index contributed by atoms with van der Waals surface area (Å²) in [6, 6.07) is 10.6. The van der Waals surface area contributed by atoms with Crippen LogP contribution in [0.5, 0.6) is 5.88 Å². The summed E-state index contributed by atoms with van der Waals surface area (Å²) in [6.07, 6.45) is -0.444. The first-order valence-electron chi connectivity index (χ1n) is 13.7. The molecule has 0 radical (unpaired) electrons. The lowest BCUT2D eigenvalue weighted by molar-refractivity contribution is -0.154. The molecule has 4 aromatic rings. The maximum Gasteiger partial charge on any atom is 0.422 e. The van der Waals surface area contributed by atoms with Crippen LogP contribution in [0, 0.1) is 11.6 Å². The van der Waals surface area contributed by atoms with Crippen LogP contribution >= 0.6 is 12.4 Å². The maximum atomic E-state index is 15.3. The lowest BCUT2D eigenvalue weighted by atomic mass is 10.0. The number of hydrogen-bond donors (Lipinski definition) is 0. The standard InChI is InChI=1S/C30H30F5N5O2.ClH/c1-3-24-29(40-11-10-21(31)15-27(40)37-24)26(41)8-5-20-4-7-25(23(32)14-20)38-12-13-39(19(2)17-38)22-6-9-28(36-16-22)42-18-30(33,34)35;/h4,6-7,9-11,14-16,19H,3,5,8,12-13,17-18H2,1-2H3;1H/t19-;/m0./s1. The van der Waals surface area contributed by atoms with Crippen molar-refractivity contribution in [3.05, 3.63) is 83.4 Å². The van der Waals surface area contributed by atoms with Gasteiger partial charge in [-0.25, -0.2) is 18.7 Å². The number of nitrogens with zero attached hydrogens (tertiary/aromatic N) is 5. The fourth-order valence-electron chi connectivity index (χ4n) is 5.29. The molecule has 0 saturated carbocycles. The molecule has 1 aromatic carbocycles. The quantitative estimate of drug-likeness (QED) is 0.157. The Labute approximate surface area is 251 Å². The minimum Gasteiger partial charge on any atom is -0.468 e. The van der Waals surface area contributed by atoms with Gasteiger partial charge in [0.1, 0.15) is 23.0 Å². The highest BCUT2D eigenvalue weighted by Gasteiger charge is 2.29. The molecular formula is C30H31ClF5N5O2. The van der Waals surface area contributed by atoms with Crippen molar-refractivity contribution >= 4 is 35.2 Å². The first-order valence-corrected chi connectivity index (χ1v) is 13.7. The average Bonchev–Trinajstić information content (AvgIpc) is 3.32. The molecule has 230 valence electrons. The number of carbonyl (C=O) groups is 1. The summed E-state index contributed by atoms with van der Waals surface area (Å²) in [5.41, 5.74) is 3.29. The summed E-state index contributed by atoms with van der Waals surface area (Å²) in [5.74, 6) is -1.06. The Morgan fingerprint density at radius 1 is 1.09 bits per heavy atom. The van der Waals surface area contributed by atoms with Gasteiger partial charge >= 0.3 is 6.18 Å². The van der Waals surface area contributed by atoms with Crippen LogP contribution in [0.4, 0.5) is 33.3 Å². The number of fused-ring (bicyclic) bond motifs is 1. The lowest BCUT2D eigenvalue weighted by Gasteiger charge is -2.42. The number of rotatable bonds is 9. The summed E-state index contributed by atoms with van der Waals surface area (Å²) >= 11 is 0. The zero-order chi connectivity index (χ0) is 30.0. The second-order valence-corrected chi connectivity index (χ2v) is 10.3. The lowest BCUT2D eigenvalue weighted by Crippen LogP contribution is -2.52. The van der Waals surface area contributed by atoms with E-state index >= 15 is 4.39 Å². The highest BCUT2D eigenvalue weighted by molar-refractivity contribution is 5.96. The smallest absolute Gasteiger partial charge is 0.422 e. The van der Waals surface area contributed by atoms with E-state index in [4.69, 9.17) is 0 Å². The molecule has 43 heavy (non-hydrogen) atoms. The van der Waals surface area contributed by atoms with Gasteiger partial charge in [0.15, 0.2) is 12.4 Å². The molecule has 0 bridgehead atoms.